The molecular formula is C25H34N2O2. The first-order valence-corrected chi connectivity index (χ1v) is 11.6. The number of likely N-dealkylation sites (tertiary alicyclic amines) is 1. The number of aryl methyl sites for hydroxylation is 2. The van der Waals surface area contributed by atoms with Crippen LogP contribution in [0.15, 0.2) is 18.2 Å². The molecule has 1 N–H and O–H groups in total. The van der Waals surface area contributed by atoms with Crippen LogP contribution in [0.1, 0.15) is 72.9 Å². The zero-order valence-corrected chi connectivity index (χ0v) is 17.9. The van der Waals surface area contributed by atoms with Crippen molar-refractivity contribution in [3.8, 4) is 0 Å². The monoisotopic (exact) mass is 394 g/mol. The van der Waals surface area contributed by atoms with E-state index < -0.39 is 0 Å². The molecule has 0 unspecified atom stereocenters. The van der Waals surface area contributed by atoms with Gasteiger partial charge in [-0.1, -0.05) is 6.07 Å². The lowest BCUT2D eigenvalue weighted by Gasteiger charge is -2.57. The molecule has 5 aliphatic rings. The van der Waals surface area contributed by atoms with Crippen molar-refractivity contribution in [3.63, 3.8) is 0 Å². The Morgan fingerprint density at radius 1 is 0.931 bits per heavy atom. The van der Waals surface area contributed by atoms with Gasteiger partial charge in [-0.2, -0.15) is 0 Å². The van der Waals surface area contributed by atoms with Gasteiger partial charge in [-0.05, 0) is 106 Å². The molecule has 4 nitrogen and oxygen atoms in total. The van der Waals surface area contributed by atoms with Gasteiger partial charge in [-0.15, -0.1) is 0 Å². The number of hydrogen-bond donors (Lipinski definition) is 1. The molecule has 1 aliphatic heterocycles. The van der Waals surface area contributed by atoms with E-state index in [-0.39, 0.29) is 17.4 Å². The van der Waals surface area contributed by atoms with Crippen LogP contribution in [0.5, 0.6) is 0 Å². The standard InChI is InChI=1S/C25H34N2O2/c1-16-3-4-21(9-17(16)2)23(28)26-22-5-7-27(8-6-22)24(29)25-13-18-10-19(14-25)12-20(11-18)15-25/h3-4,9,18-20,22H,5-8,10-15H2,1-2H3,(H,26,28). The van der Waals surface area contributed by atoms with Crippen LogP contribution in [0, 0.1) is 37.0 Å². The van der Waals surface area contributed by atoms with Crippen molar-refractivity contribution < 1.29 is 9.59 Å². The summed E-state index contributed by atoms with van der Waals surface area (Å²) in [6, 6.07) is 6.06. The minimum atomic E-state index is -0.0374. The molecule has 2 amide bonds. The zero-order chi connectivity index (χ0) is 20.2. The average Bonchev–Trinajstić information content (AvgIpc) is 2.69. The quantitative estimate of drug-likeness (QED) is 0.834. The van der Waals surface area contributed by atoms with E-state index in [4.69, 9.17) is 0 Å². The third kappa shape index (κ3) is 3.49. The van der Waals surface area contributed by atoms with Gasteiger partial charge in [0.1, 0.15) is 0 Å². The predicted octanol–water partition coefficient (Wildman–Crippen LogP) is 4.24. The highest BCUT2D eigenvalue weighted by atomic mass is 16.2. The molecule has 1 saturated heterocycles. The maximum Gasteiger partial charge on any atom is 0.251 e. The van der Waals surface area contributed by atoms with Gasteiger partial charge < -0.3 is 10.2 Å². The molecule has 0 atom stereocenters. The van der Waals surface area contributed by atoms with E-state index in [1.54, 1.807) is 0 Å². The Bertz CT molecular complexity index is 787. The maximum atomic E-state index is 13.5. The summed E-state index contributed by atoms with van der Waals surface area (Å²) >= 11 is 0. The number of amides is 2. The Kier molecular flexibility index (Phi) is 4.71. The smallest absolute Gasteiger partial charge is 0.251 e. The summed E-state index contributed by atoms with van der Waals surface area (Å²) in [5.74, 6) is 2.87. The number of rotatable bonds is 3. The summed E-state index contributed by atoms with van der Waals surface area (Å²) in [4.78, 5) is 28.3. The maximum absolute atomic E-state index is 13.5. The molecule has 1 heterocycles. The minimum absolute atomic E-state index is 0.0129. The first-order chi connectivity index (χ1) is 13.9. The second kappa shape index (κ2) is 7.14. The number of carbonyl (C=O) groups is 2. The highest BCUT2D eigenvalue weighted by molar-refractivity contribution is 5.94. The van der Waals surface area contributed by atoms with Crippen molar-refractivity contribution in [3.05, 3.63) is 34.9 Å². The van der Waals surface area contributed by atoms with Gasteiger partial charge in [-0.25, -0.2) is 0 Å². The molecule has 156 valence electrons. The summed E-state index contributed by atoms with van der Waals surface area (Å²) < 4.78 is 0. The SMILES string of the molecule is Cc1ccc(C(=O)NC2CCN(C(=O)C34CC5CC(CC(C5)C3)C4)CC2)cc1C. The number of benzene rings is 1. The summed E-state index contributed by atoms with van der Waals surface area (Å²) in [5.41, 5.74) is 3.05. The summed E-state index contributed by atoms with van der Waals surface area (Å²) in [6.45, 7) is 5.69. The van der Waals surface area contributed by atoms with Gasteiger partial charge in [-0.3, -0.25) is 9.59 Å². The molecule has 4 bridgehead atoms. The van der Waals surface area contributed by atoms with Gasteiger partial charge in [0.15, 0.2) is 0 Å². The van der Waals surface area contributed by atoms with Crippen molar-refractivity contribution in [1.82, 2.24) is 10.2 Å². The van der Waals surface area contributed by atoms with Crippen LogP contribution in [0.4, 0.5) is 0 Å². The minimum Gasteiger partial charge on any atom is -0.349 e. The molecular weight excluding hydrogens is 360 g/mol. The molecule has 1 aromatic carbocycles. The lowest BCUT2D eigenvalue weighted by molar-refractivity contribution is -0.158. The molecule has 5 fully saturated rings. The van der Waals surface area contributed by atoms with E-state index in [1.807, 2.05) is 25.1 Å². The fraction of sp³-hybridized carbons (Fsp3) is 0.680. The van der Waals surface area contributed by atoms with E-state index in [9.17, 15) is 9.59 Å². The normalized spacial score (nSPS) is 33.7. The molecule has 1 aromatic rings. The van der Waals surface area contributed by atoms with Crippen LogP contribution in [-0.2, 0) is 4.79 Å². The second-order valence-electron chi connectivity index (χ2n) is 10.5. The summed E-state index contributed by atoms with van der Waals surface area (Å²) in [6.07, 6.45) is 9.28. The van der Waals surface area contributed by atoms with E-state index in [1.165, 1.54) is 24.8 Å². The molecule has 0 spiro atoms. The fourth-order valence-electron chi connectivity index (χ4n) is 7.09. The van der Waals surface area contributed by atoms with Crippen LogP contribution in [-0.4, -0.2) is 35.8 Å². The Labute approximate surface area is 174 Å². The molecule has 4 saturated carbocycles. The molecule has 4 heteroatoms. The van der Waals surface area contributed by atoms with Gasteiger partial charge in [0.2, 0.25) is 5.91 Å². The number of nitrogens with zero attached hydrogens (tertiary/aromatic N) is 1. The first-order valence-electron chi connectivity index (χ1n) is 11.6. The number of carbonyl (C=O) groups excluding carboxylic acids is 2. The van der Waals surface area contributed by atoms with Gasteiger partial charge in [0.25, 0.3) is 5.91 Å². The Hall–Kier alpha value is -1.84. The lowest BCUT2D eigenvalue weighted by atomic mass is 9.49. The van der Waals surface area contributed by atoms with E-state index >= 15 is 0 Å². The van der Waals surface area contributed by atoms with Crippen LogP contribution in [0.25, 0.3) is 0 Å². The van der Waals surface area contributed by atoms with Gasteiger partial charge in [0, 0.05) is 24.7 Å². The first kappa shape index (κ1) is 19.1. The van der Waals surface area contributed by atoms with Crippen LogP contribution >= 0.6 is 0 Å². The van der Waals surface area contributed by atoms with Crippen molar-refractivity contribution in [2.24, 2.45) is 23.2 Å². The Balaban J connectivity index is 1.18. The third-order valence-corrected chi connectivity index (χ3v) is 8.38. The van der Waals surface area contributed by atoms with Crippen LogP contribution in [0.2, 0.25) is 0 Å². The summed E-state index contributed by atoms with van der Waals surface area (Å²) in [5, 5.41) is 3.20. The van der Waals surface area contributed by atoms with Crippen molar-refractivity contribution in [1.29, 1.82) is 0 Å². The molecule has 4 aliphatic carbocycles. The Morgan fingerprint density at radius 2 is 1.52 bits per heavy atom. The topological polar surface area (TPSA) is 49.4 Å². The number of nitrogens with one attached hydrogen (secondary N) is 1. The fourth-order valence-corrected chi connectivity index (χ4v) is 7.09. The number of piperidine rings is 1. The van der Waals surface area contributed by atoms with E-state index in [0.29, 0.717) is 5.91 Å². The molecule has 0 radical (unpaired) electrons. The molecule has 29 heavy (non-hydrogen) atoms. The molecule has 0 aromatic heterocycles. The lowest BCUT2D eigenvalue weighted by Crippen LogP contribution is -2.56. The van der Waals surface area contributed by atoms with Crippen molar-refractivity contribution >= 4 is 11.8 Å². The largest absolute Gasteiger partial charge is 0.349 e. The number of hydrogen-bond acceptors (Lipinski definition) is 2. The van der Waals surface area contributed by atoms with Gasteiger partial charge in [0.05, 0.1) is 5.41 Å². The Morgan fingerprint density at radius 3 is 2.07 bits per heavy atom. The van der Waals surface area contributed by atoms with Crippen LogP contribution < -0.4 is 5.32 Å². The zero-order valence-electron chi connectivity index (χ0n) is 17.9. The predicted molar refractivity (Wildman–Crippen MR) is 114 cm³/mol. The van der Waals surface area contributed by atoms with E-state index in [0.717, 1.165) is 74.1 Å². The molecule has 6 rings (SSSR count). The second-order valence-corrected chi connectivity index (χ2v) is 10.5. The average molecular weight is 395 g/mol. The van der Waals surface area contributed by atoms with Crippen molar-refractivity contribution in [2.45, 2.75) is 71.3 Å². The summed E-state index contributed by atoms with van der Waals surface area (Å²) in [7, 11) is 0. The highest BCUT2D eigenvalue weighted by Gasteiger charge is 2.55. The van der Waals surface area contributed by atoms with Crippen molar-refractivity contribution in [2.75, 3.05) is 13.1 Å². The van der Waals surface area contributed by atoms with E-state index in [2.05, 4.69) is 17.1 Å². The van der Waals surface area contributed by atoms with Gasteiger partial charge >= 0.3 is 0 Å². The van der Waals surface area contributed by atoms with Crippen LogP contribution in [0.3, 0.4) is 0 Å². The highest BCUT2D eigenvalue weighted by Crippen LogP contribution is 2.60. The third-order valence-electron chi connectivity index (χ3n) is 8.38.